The summed E-state index contributed by atoms with van der Waals surface area (Å²) in [5, 5.41) is 19.6. The zero-order chi connectivity index (χ0) is 21.1. The molecule has 1 saturated heterocycles. The van der Waals surface area contributed by atoms with Crippen LogP contribution in [0.25, 0.3) is 6.08 Å². The highest BCUT2D eigenvalue weighted by Crippen LogP contribution is 2.38. The van der Waals surface area contributed by atoms with E-state index in [0.717, 1.165) is 11.3 Å². The van der Waals surface area contributed by atoms with Gasteiger partial charge in [0, 0.05) is 0 Å². The maximum atomic E-state index is 13.2. The number of carbonyl (C=O) groups is 1. The van der Waals surface area contributed by atoms with E-state index >= 15 is 0 Å². The third-order valence-electron chi connectivity index (χ3n) is 4.40. The van der Waals surface area contributed by atoms with Gasteiger partial charge >= 0.3 is 0 Å². The molecule has 4 rings (SSSR count). The van der Waals surface area contributed by atoms with Gasteiger partial charge in [-0.05, 0) is 84.1 Å². The lowest BCUT2D eigenvalue weighted by atomic mass is 10.2. The van der Waals surface area contributed by atoms with Gasteiger partial charge in [0.15, 0.2) is 5.17 Å². The average molecular weight is 418 g/mol. The normalized spacial score (nSPS) is 16.4. The molecule has 2 N–H and O–H groups in total. The molecule has 1 aliphatic heterocycles. The van der Waals surface area contributed by atoms with Gasteiger partial charge in [0.2, 0.25) is 0 Å². The van der Waals surface area contributed by atoms with Crippen molar-refractivity contribution in [3.05, 3.63) is 83.3 Å². The van der Waals surface area contributed by atoms with E-state index in [-0.39, 0.29) is 17.4 Å². The van der Waals surface area contributed by atoms with Crippen LogP contribution in [0.15, 0.2) is 82.7 Å². The van der Waals surface area contributed by atoms with Crippen LogP contribution in [0.2, 0.25) is 0 Å². The first-order valence-corrected chi connectivity index (χ1v) is 9.90. The Kier molecular flexibility index (Phi) is 5.45. The fourth-order valence-electron chi connectivity index (χ4n) is 2.87. The maximum absolute atomic E-state index is 13.2. The Morgan fingerprint density at radius 3 is 2.10 bits per heavy atom. The minimum Gasteiger partial charge on any atom is -0.508 e. The summed E-state index contributed by atoms with van der Waals surface area (Å²) in [5.41, 5.74) is 2.07. The van der Waals surface area contributed by atoms with Crippen LogP contribution in [0, 0.1) is 0 Å². The number of amidine groups is 1. The molecule has 0 saturated carbocycles. The quantitative estimate of drug-likeness (QED) is 0.588. The van der Waals surface area contributed by atoms with E-state index in [1.165, 1.54) is 28.8 Å². The number of anilines is 1. The fourth-order valence-corrected chi connectivity index (χ4v) is 3.87. The van der Waals surface area contributed by atoms with E-state index in [1.807, 2.05) is 24.3 Å². The maximum Gasteiger partial charge on any atom is 0.271 e. The molecule has 0 bridgehead atoms. The van der Waals surface area contributed by atoms with Crippen LogP contribution in [0.5, 0.6) is 17.2 Å². The number of ether oxygens (including phenoxy) is 1. The zero-order valence-corrected chi connectivity index (χ0v) is 16.8. The third kappa shape index (κ3) is 4.16. The Labute approximate surface area is 177 Å². The van der Waals surface area contributed by atoms with E-state index in [9.17, 15) is 15.0 Å². The van der Waals surface area contributed by atoms with Crippen molar-refractivity contribution >= 4 is 40.3 Å². The van der Waals surface area contributed by atoms with Gasteiger partial charge in [0.05, 0.1) is 23.4 Å². The largest absolute Gasteiger partial charge is 0.508 e. The molecule has 0 aliphatic carbocycles. The number of aromatic hydroxyl groups is 2. The van der Waals surface area contributed by atoms with E-state index in [2.05, 4.69) is 4.99 Å². The summed E-state index contributed by atoms with van der Waals surface area (Å²) in [6.45, 7) is 0. The standard InChI is InChI=1S/C23H18N2O4S/c1-29-20-12-2-15(3-13-20)14-21-22(28)25(17-6-10-19(27)11-7-17)23(30-21)24-16-4-8-18(26)9-5-16/h2-14,26-27H,1H3/b21-14-,24-23?. The lowest BCUT2D eigenvalue weighted by Gasteiger charge is -2.15. The number of methoxy groups -OCH3 is 1. The van der Waals surface area contributed by atoms with Crippen molar-refractivity contribution in [1.82, 2.24) is 0 Å². The van der Waals surface area contributed by atoms with Crippen LogP contribution < -0.4 is 9.64 Å². The number of benzene rings is 3. The van der Waals surface area contributed by atoms with Gasteiger partial charge in [-0.15, -0.1) is 0 Å². The first kappa shape index (κ1) is 19.6. The van der Waals surface area contributed by atoms with Gasteiger partial charge < -0.3 is 14.9 Å². The van der Waals surface area contributed by atoms with Gasteiger partial charge in [0.25, 0.3) is 5.91 Å². The summed E-state index contributed by atoms with van der Waals surface area (Å²) in [4.78, 5) is 19.8. The Morgan fingerprint density at radius 2 is 1.50 bits per heavy atom. The van der Waals surface area contributed by atoms with E-state index in [4.69, 9.17) is 4.74 Å². The number of aliphatic imine (C=N–C) groups is 1. The predicted octanol–water partition coefficient (Wildman–Crippen LogP) is 4.92. The zero-order valence-electron chi connectivity index (χ0n) is 16.0. The molecule has 7 heteroatoms. The molecular weight excluding hydrogens is 400 g/mol. The Morgan fingerprint density at radius 1 is 0.900 bits per heavy atom. The monoisotopic (exact) mass is 418 g/mol. The second-order valence-electron chi connectivity index (χ2n) is 6.45. The van der Waals surface area contributed by atoms with Crippen molar-refractivity contribution in [2.24, 2.45) is 4.99 Å². The number of carbonyl (C=O) groups excluding carboxylic acids is 1. The number of nitrogens with zero attached hydrogens (tertiary/aromatic N) is 2. The second kappa shape index (κ2) is 8.34. The topological polar surface area (TPSA) is 82.4 Å². The molecule has 0 atom stereocenters. The van der Waals surface area contributed by atoms with Crippen LogP contribution >= 0.6 is 11.8 Å². The smallest absolute Gasteiger partial charge is 0.271 e. The van der Waals surface area contributed by atoms with Crippen LogP contribution in [0.4, 0.5) is 11.4 Å². The number of amides is 1. The lowest BCUT2D eigenvalue weighted by Crippen LogP contribution is -2.28. The molecule has 150 valence electrons. The number of rotatable bonds is 4. The minimum absolute atomic E-state index is 0.115. The van der Waals surface area contributed by atoms with Crippen LogP contribution in [0.1, 0.15) is 5.56 Å². The van der Waals surface area contributed by atoms with Crippen LogP contribution in [0.3, 0.4) is 0 Å². The van der Waals surface area contributed by atoms with Crippen molar-refractivity contribution in [1.29, 1.82) is 0 Å². The highest BCUT2D eigenvalue weighted by atomic mass is 32.2. The summed E-state index contributed by atoms with van der Waals surface area (Å²) in [6, 6.07) is 20.2. The molecule has 30 heavy (non-hydrogen) atoms. The van der Waals surface area contributed by atoms with Crippen LogP contribution in [-0.4, -0.2) is 28.4 Å². The van der Waals surface area contributed by atoms with Crippen molar-refractivity contribution in [2.45, 2.75) is 0 Å². The molecular formula is C23H18N2O4S. The molecule has 1 amide bonds. The van der Waals surface area contributed by atoms with Crippen molar-refractivity contribution < 1.29 is 19.7 Å². The molecule has 1 aliphatic rings. The summed E-state index contributed by atoms with van der Waals surface area (Å²) in [7, 11) is 1.60. The molecule has 3 aromatic rings. The van der Waals surface area contributed by atoms with Crippen LogP contribution in [-0.2, 0) is 4.79 Å². The SMILES string of the molecule is COc1ccc(/C=C2\SC(=Nc3ccc(O)cc3)N(c3ccc(O)cc3)C2=O)cc1. The predicted molar refractivity (Wildman–Crippen MR) is 119 cm³/mol. The first-order valence-electron chi connectivity index (χ1n) is 9.08. The number of hydrogen-bond donors (Lipinski definition) is 2. The molecule has 0 radical (unpaired) electrons. The fraction of sp³-hybridized carbons (Fsp3) is 0.0435. The van der Waals surface area contributed by atoms with Gasteiger partial charge in [-0.2, -0.15) is 0 Å². The number of thioether (sulfide) groups is 1. The first-order chi connectivity index (χ1) is 14.5. The van der Waals surface area contributed by atoms with E-state index < -0.39 is 0 Å². The number of hydrogen-bond acceptors (Lipinski definition) is 6. The molecule has 0 unspecified atom stereocenters. The average Bonchev–Trinajstić information content (AvgIpc) is 3.05. The third-order valence-corrected chi connectivity index (χ3v) is 5.37. The van der Waals surface area contributed by atoms with Gasteiger partial charge in [0.1, 0.15) is 17.2 Å². The molecule has 1 fully saturated rings. The Bertz CT molecular complexity index is 1120. The molecule has 0 spiro atoms. The minimum atomic E-state index is -0.209. The molecule has 3 aromatic carbocycles. The molecule has 1 heterocycles. The van der Waals surface area contributed by atoms with Gasteiger partial charge in [-0.1, -0.05) is 12.1 Å². The molecule has 0 aromatic heterocycles. The summed E-state index contributed by atoms with van der Waals surface area (Å²) in [6.07, 6.45) is 1.80. The van der Waals surface area contributed by atoms with Crippen molar-refractivity contribution in [3.8, 4) is 17.2 Å². The summed E-state index contributed by atoms with van der Waals surface area (Å²) in [5.74, 6) is 0.788. The summed E-state index contributed by atoms with van der Waals surface area (Å²) < 4.78 is 5.18. The van der Waals surface area contributed by atoms with Gasteiger partial charge in [-0.3, -0.25) is 9.69 Å². The van der Waals surface area contributed by atoms with Crippen molar-refractivity contribution in [2.75, 3.05) is 12.0 Å². The number of phenols is 2. The highest BCUT2D eigenvalue weighted by molar-refractivity contribution is 8.19. The van der Waals surface area contributed by atoms with E-state index in [1.54, 1.807) is 49.6 Å². The van der Waals surface area contributed by atoms with Gasteiger partial charge in [-0.25, -0.2) is 4.99 Å². The Balaban J connectivity index is 1.74. The van der Waals surface area contributed by atoms with E-state index in [0.29, 0.717) is 21.4 Å². The highest BCUT2D eigenvalue weighted by Gasteiger charge is 2.34. The molecule has 6 nitrogen and oxygen atoms in total. The second-order valence-corrected chi connectivity index (χ2v) is 7.46. The Hall–Kier alpha value is -3.71. The lowest BCUT2D eigenvalue weighted by molar-refractivity contribution is -0.113. The van der Waals surface area contributed by atoms with Crippen molar-refractivity contribution in [3.63, 3.8) is 0 Å². The summed E-state index contributed by atoms with van der Waals surface area (Å²) >= 11 is 1.26. The number of phenolic OH excluding ortho intramolecular Hbond substituents is 2.